The third-order valence-corrected chi connectivity index (χ3v) is 3.08. The van der Waals surface area contributed by atoms with E-state index in [1.54, 1.807) is 6.07 Å². The van der Waals surface area contributed by atoms with Crippen LogP contribution in [-0.4, -0.2) is 18.2 Å². The highest BCUT2D eigenvalue weighted by atomic mass is 35.5. The van der Waals surface area contributed by atoms with Gasteiger partial charge in [-0.3, -0.25) is 9.59 Å². The largest absolute Gasteiger partial charge is 0.303 e. The number of amides is 1. The Kier molecular flexibility index (Phi) is 3.30. The molecule has 92 valence electrons. The van der Waals surface area contributed by atoms with E-state index in [0.717, 1.165) is 4.90 Å². The first kappa shape index (κ1) is 12.5. The summed E-state index contributed by atoms with van der Waals surface area (Å²) in [7, 11) is 0. The van der Waals surface area contributed by atoms with Gasteiger partial charge >= 0.3 is 0 Å². The molecule has 1 unspecified atom stereocenters. The number of carbonyl (C=O) groups is 2. The molecule has 1 atom stereocenters. The monoisotopic (exact) mass is 266 g/mol. The van der Waals surface area contributed by atoms with Gasteiger partial charge < -0.3 is 4.90 Å². The van der Waals surface area contributed by atoms with Crippen molar-refractivity contribution < 1.29 is 14.0 Å². The summed E-state index contributed by atoms with van der Waals surface area (Å²) in [6.07, 6.45) is 0.201. The Hall–Kier alpha value is -1.93. The highest BCUT2D eigenvalue weighted by Crippen LogP contribution is 2.28. The second-order valence-corrected chi connectivity index (χ2v) is 4.27. The maximum Gasteiger partial charge on any atom is 0.295 e. The van der Waals surface area contributed by atoms with Crippen molar-refractivity contribution in [2.24, 2.45) is 5.92 Å². The third-order valence-electron chi connectivity index (χ3n) is 2.79. The van der Waals surface area contributed by atoms with E-state index >= 15 is 0 Å². The summed E-state index contributed by atoms with van der Waals surface area (Å²) in [5.41, 5.74) is -0.0303. The molecule has 2 rings (SSSR count). The van der Waals surface area contributed by atoms with Crippen LogP contribution in [0.4, 0.5) is 10.1 Å². The van der Waals surface area contributed by atoms with E-state index in [1.165, 1.54) is 18.2 Å². The van der Waals surface area contributed by atoms with Crippen molar-refractivity contribution in [3.05, 3.63) is 29.0 Å². The van der Waals surface area contributed by atoms with Crippen LogP contribution in [0.1, 0.15) is 6.42 Å². The molecular weight excluding hydrogens is 259 g/mol. The van der Waals surface area contributed by atoms with E-state index in [0.29, 0.717) is 0 Å². The van der Waals surface area contributed by atoms with Gasteiger partial charge in [0.2, 0.25) is 5.78 Å². The smallest absolute Gasteiger partial charge is 0.295 e. The molecule has 1 aromatic rings. The average Bonchev–Trinajstić information content (AvgIpc) is 2.37. The van der Waals surface area contributed by atoms with Crippen LogP contribution >= 0.6 is 11.6 Å². The number of hydrogen-bond donors (Lipinski definition) is 0. The zero-order valence-corrected chi connectivity index (χ0v) is 9.95. The highest BCUT2D eigenvalue weighted by molar-refractivity contribution is 6.43. The molecule has 0 aromatic heterocycles. The van der Waals surface area contributed by atoms with Crippen molar-refractivity contribution in [1.82, 2.24) is 0 Å². The Morgan fingerprint density at radius 1 is 1.44 bits per heavy atom. The number of piperidine rings is 1. The van der Waals surface area contributed by atoms with E-state index < -0.39 is 23.4 Å². The van der Waals surface area contributed by atoms with E-state index in [-0.39, 0.29) is 23.7 Å². The molecule has 0 saturated carbocycles. The first-order valence-electron chi connectivity index (χ1n) is 5.25. The van der Waals surface area contributed by atoms with Crippen LogP contribution in [0.3, 0.4) is 0 Å². The van der Waals surface area contributed by atoms with Crippen LogP contribution in [0.15, 0.2) is 18.2 Å². The number of carbonyl (C=O) groups excluding carboxylic acids is 2. The minimum absolute atomic E-state index is 0.0303. The number of Topliss-reactive ketones (excluding diaryl/α,β-unsaturated/α-hetero) is 1. The van der Waals surface area contributed by atoms with Crippen molar-refractivity contribution in [2.45, 2.75) is 6.42 Å². The minimum atomic E-state index is -0.934. The summed E-state index contributed by atoms with van der Waals surface area (Å²) in [5.74, 6) is -3.34. The molecule has 0 radical (unpaired) electrons. The van der Waals surface area contributed by atoms with Gasteiger partial charge in [-0.05, 0) is 18.6 Å². The quantitative estimate of drug-likeness (QED) is 0.730. The summed E-state index contributed by atoms with van der Waals surface area (Å²) in [6, 6.07) is 5.99. The zero-order chi connectivity index (χ0) is 13.3. The maximum atomic E-state index is 13.8. The van der Waals surface area contributed by atoms with Crippen LogP contribution in [0.25, 0.3) is 0 Å². The second kappa shape index (κ2) is 4.75. The molecule has 1 aliphatic heterocycles. The van der Waals surface area contributed by atoms with Gasteiger partial charge in [0.25, 0.3) is 5.91 Å². The van der Waals surface area contributed by atoms with Gasteiger partial charge in [-0.25, -0.2) is 4.39 Å². The van der Waals surface area contributed by atoms with Crippen LogP contribution in [0.5, 0.6) is 0 Å². The topological polar surface area (TPSA) is 61.2 Å². The first-order valence-corrected chi connectivity index (χ1v) is 5.63. The van der Waals surface area contributed by atoms with Gasteiger partial charge in [0.1, 0.15) is 5.92 Å². The molecule has 4 nitrogen and oxygen atoms in total. The lowest BCUT2D eigenvalue weighted by Gasteiger charge is -2.28. The number of hydrogen-bond acceptors (Lipinski definition) is 3. The lowest BCUT2D eigenvalue weighted by Crippen LogP contribution is -2.46. The van der Waals surface area contributed by atoms with Gasteiger partial charge in [-0.1, -0.05) is 17.7 Å². The maximum absolute atomic E-state index is 13.8. The Labute approximate surface area is 108 Å². The Balaban J connectivity index is 2.36. The molecule has 18 heavy (non-hydrogen) atoms. The van der Waals surface area contributed by atoms with Crippen LogP contribution in [-0.2, 0) is 9.59 Å². The number of benzene rings is 1. The van der Waals surface area contributed by atoms with Crippen molar-refractivity contribution in [3.63, 3.8) is 0 Å². The Bertz CT molecular complexity index is 568. The summed E-state index contributed by atoms with van der Waals surface area (Å²) in [6.45, 7) is 0.125. The summed E-state index contributed by atoms with van der Waals surface area (Å²) < 4.78 is 13.8. The molecule has 1 fully saturated rings. The number of nitriles is 1. The van der Waals surface area contributed by atoms with E-state index in [9.17, 15) is 14.0 Å². The molecular formula is C12H8ClFN2O2. The molecule has 1 amide bonds. The molecule has 6 heteroatoms. The molecule has 0 aliphatic carbocycles. The number of rotatable bonds is 1. The normalized spacial score (nSPS) is 19.8. The fraction of sp³-hybridized carbons (Fsp3) is 0.250. The number of nitrogens with zero attached hydrogens (tertiary/aromatic N) is 2. The molecule has 1 aromatic carbocycles. The van der Waals surface area contributed by atoms with Crippen molar-refractivity contribution >= 4 is 29.0 Å². The first-order chi connectivity index (χ1) is 8.56. The lowest BCUT2D eigenvalue weighted by molar-refractivity contribution is -0.139. The second-order valence-electron chi connectivity index (χ2n) is 3.86. The van der Waals surface area contributed by atoms with E-state index in [4.69, 9.17) is 16.9 Å². The number of anilines is 1. The number of ketones is 1. The molecule has 0 bridgehead atoms. The van der Waals surface area contributed by atoms with Crippen LogP contribution in [0, 0.1) is 23.1 Å². The van der Waals surface area contributed by atoms with Gasteiger partial charge in [0.15, 0.2) is 5.82 Å². The molecule has 1 aliphatic rings. The van der Waals surface area contributed by atoms with E-state index in [2.05, 4.69) is 0 Å². The highest BCUT2D eigenvalue weighted by Gasteiger charge is 2.36. The molecule has 1 heterocycles. The Morgan fingerprint density at radius 3 is 2.83 bits per heavy atom. The molecule has 1 saturated heterocycles. The predicted octanol–water partition coefficient (Wildman–Crippen LogP) is 1.92. The standard InChI is InChI=1S/C12H8ClFN2O2/c13-8-2-1-3-9(10(8)14)16-5-4-7(6-15)11(17)12(16)18/h1-3,7H,4-5H2. The van der Waals surface area contributed by atoms with Crippen molar-refractivity contribution in [2.75, 3.05) is 11.4 Å². The van der Waals surface area contributed by atoms with Gasteiger partial charge in [0.05, 0.1) is 16.8 Å². The lowest BCUT2D eigenvalue weighted by atomic mass is 9.96. The fourth-order valence-electron chi connectivity index (χ4n) is 1.83. The minimum Gasteiger partial charge on any atom is -0.303 e. The predicted molar refractivity (Wildman–Crippen MR) is 62.5 cm³/mol. The summed E-state index contributed by atoms with van der Waals surface area (Å²) in [4.78, 5) is 24.4. The fourth-order valence-corrected chi connectivity index (χ4v) is 2.00. The molecule has 0 N–H and O–H groups in total. The molecule has 0 spiro atoms. The van der Waals surface area contributed by atoms with Crippen LogP contribution < -0.4 is 4.90 Å². The van der Waals surface area contributed by atoms with Gasteiger partial charge in [0, 0.05) is 6.54 Å². The Morgan fingerprint density at radius 2 is 2.17 bits per heavy atom. The van der Waals surface area contributed by atoms with Crippen LogP contribution in [0.2, 0.25) is 5.02 Å². The average molecular weight is 267 g/mol. The third kappa shape index (κ3) is 1.95. The van der Waals surface area contributed by atoms with Gasteiger partial charge in [-0.2, -0.15) is 5.26 Å². The van der Waals surface area contributed by atoms with E-state index in [1.807, 2.05) is 0 Å². The summed E-state index contributed by atoms with van der Waals surface area (Å²) >= 11 is 5.62. The zero-order valence-electron chi connectivity index (χ0n) is 9.19. The summed E-state index contributed by atoms with van der Waals surface area (Å²) in [5, 5.41) is 8.58. The SMILES string of the molecule is N#CC1CCN(c2cccc(Cl)c2F)C(=O)C1=O. The van der Waals surface area contributed by atoms with Crippen molar-refractivity contribution in [1.29, 1.82) is 5.26 Å². The number of halogens is 2. The van der Waals surface area contributed by atoms with Crippen molar-refractivity contribution in [3.8, 4) is 6.07 Å². The van der Waals surface area contributed by atoms with Gasteiger partial charge in [-0.15, -0.1) is 0 Å².